The second-order valence-corrected chi connectivity index (χ2v) is 5.41. The van der Waals surface area contributed by atoms with E-state index in [9.17, 15) is 14.7 Å². The van der Waals surface area contributed by atoms with E-state index < -0.39 is 17.9 Å². The number of rotatable bonds is 9. The van der Waals surface area contributed by atoms with Crippen molar-refractivity contribution in [2.45, 2.75) is 12.5 Å². The number of hydrogen-bond acceptors (Lipinski definition) is 6. The number of carboxylic acid groups (broad SMARTS) is 1. The normalized spacial score (nSPS) is 11.3. The highest BCUT2D eigenvalue weighted by Gasteiger charge is 2.17. The minimum atomic E-state index is -1.28. The van der Waals surface area contributed by atoms with Crippen LogP contribution < -0.4 is 24.6 Å². The lowest BCUT2D eigenvalue weighted by molar-refractivity contribution is -0.306. The van der Waals surface area contributed by atoms with Crippen molar-refractivity contribution in [3.63, 3.8) is 0 Å². The molecule has 0 aromatic heterocycles. The monoisotopic (exact) mass is 358 g/mol. The highest BCUT2D eigenvalue weighted by molar-refractivity contribution is 5.79. The van der Waals surface area contributed by atoms with Crippen LogP contribution in [0.5, 0.6) is 17.2 Å². The van der Waals surface area contributed by atoms with Gasteiger partial charge in [-0.05, 0) is 29.8 Å². The SMILES string of the molecule is COc1ccc([C@@H](CC(=O)[O-])NC(=O)COc2ccccc2)cc1OC. The number of benzene rings is 2. The third kappa shape index (κ3) is 5.41. The lowest BCUT2D eigenvalue weighted by Gasteiger charge is -2.21. The van der Waals surface area contributed by atoms with E-state index in [0.29, 0.717) is 22.8 Å². The number of aliphatic carboxylic acids is 1. The van der Waals surface area contributed by atoms with Gasteiger partial charge in [0.15, 0.2) is 18.1 Å². The maximum Gasteiger partial charge on any atom is 0.258 e. The molecule has 7 heteroatoms. The molecule has 0 aliphatic rings. The van der Waals surface area contributed by atoms with Gasteiger partial charge in [0, 0.05) is 12.4 Å². The van der Waals surface area contributed by atoms with Crippen molar-refractivity contribution >= 4 is 11.9 Å². The summed E-state index contributed by atoms with van der Waals surface area (Å²) in [4.78, 5) is 23.2. The molecule has 1 atom stereocenters. The molecule has 2 aromatic carbocycles. The van der Waals surface area contributed by atoms with Gasteiger partial charge in [0.1, 0.15) is 5.75 Å². The molecule has 7 nitrogen and oxygen atoms in total. The van der Waals surface area contributed by atoms with Crippen LogP contribution in [-0.4, -0.2) is 32.7 Å². The number of para-hydroxylation sites is 1. The fourth-order valence-electron chi connectivity index (χ4n) is 2.39. The molecular formula is C19H20NO6-. The second kappa shape index (κ2) is 9.31. The van der Waals surface area contributed by atoms with Crippen LogP contribution in [0.2, 0.25) is 0 Å². The fraction of sp³-hybridized carbons (Fsp3) is 0.263. The van der Waals surface area contributed by atoms with Gasteiger partial charge in [0.2, 0.25) is 0 Å². The quantitative estimate of drug-likeness (QED) is 0.720. The van der Waals surface area contributed by atoms with Crippen LogP contribution in [0.15, 0.2) is 48.5 Å². The van der Waals surface area contributed by atoms with Crippen molar-refractivity contribution in [2.75, 3.05) is 20.8 Å². The maximum atomic E-state index is 12.2. The summed E-state index contributed by atoms with van der Waals surface area (Å²) in [6.45, 7) is -0.235. The first kappa shape index (κ1) is 19.1. The number of carbonyl (C=O) groups excluding carboxylic acids is 2. The van der Waals surface area contributed by atoms with Crippen LogP contribution in [-0.2, 0) is 9.59 Å². The molecule has 26 heavy (non-hydrogen) atoms. The Hall–Kier alpha value is -3.22. The molecular weight excluding hydrogens is 338 g/mol. The summed E-state index contributed by atoms with van der Waals surface area (Å²) < 4.78 is 15.7. The third-order valence-corrected chi connectivity index (χ3v) is 3.63. The number of ether oxygens (including phenoxy) is 3. The number of methoxy groups -OCH3 is 2. The van der Waals surface area contributed by atoms with Crippen LogP contribution in [0, 0.1) is 0 Å². The Bertz CT molecular complexity index is 747. The van der Waals surface area contributed by atoms with Crippen LogP contribution in [0.4, 0.5) is 0 Å². The largest absolute Gasteiger partial charge is 0.550 e. The third-order valence-electron chi connectivity index (χ3n) is 3.63. The first-order valence-electron chi connectivity index (χ1n) is 7.92. The molecule has 0 aliphatic carbocycles. The van der Waals surface area contributed by atoms with Gasteiger partial charge in [-0.2, -0.15) is 0 Å². The van der Waals surface area contributed by atoms with Gasteiger partial charge < -0.3 is 29.4 Å². The van der Waals surface area contributed by atoms with Gasteiger partial charge in [-0.25, -0.2) is 0 Å². The number of nitrogens with one attached hydrogen (secondary N) is 1. The van der Waals surface area contributed by atoms with E-state index in [1.54, 1.807) is 42.5 Å². The minimum Gasteiger partial charge on any atom is -0.550 e. The molecule has 0 saturated carbocycles. The summed E-state index contributed by atoms with van der Waals surface area (Å²) in [5, 5.41) is 13.7. The van der Waals surface area contributed by atoms with E-state index in [2.05, 4.69) is 5.32 Å². The zero-order valence-corrected chi connectivity index (χ0v) is 14.6. The lowest BCUT2D eigenvalue weighted by Crippen LogP contribution is -2.36. The average Bonchev–Trinajstić information content (AvgIpc) is 2.65. The van der Waals surface area contributed by atoms with E-state index >= 15 is 0 Å². The summed E-state index contributed by atoms with van der Waals surface area (Å²) in [6, 6.07) is 13.0. The first-order valence-corrected chi connectivity index (χ1v) is 7.92. The van der Waals surface area contributed by atoms with Crippen LogP contribution in [0.1, 0.15) is 18.0 Å². The Kier molecular flexibility index (Phi) is 6.84. The van der Waals surface area contributed by atoms with Crippen LogP contribution in [0.25, 0.3) is 0 Å². The Morgan fingerprint density at radius 1 is 1.04 bits per heavy atom. The molecule has 0 saturated heterocycles. The van der Waals surface area contributed by atoms with Crippen LogP contribution >= 0.6 is 0 Å². The summed E-state index contributed by atoms with van der Waals surface area (Å²) in [6.07, 6.45) is -0.382. The molecule has 0 radical (unpaired) electrons. The Morgan fingerprint density at radius 2 is 1.73 bits per heavy atom. The molecule has 0 bridgehead atoms. The molecule has 2 rings (SSSR count). The molecule has 0 unspecified atom stereocenters. The molecule has 2 aromatic rings. The zero-order valence-electron chi connectivity index (χ0n) is 14.6. The van der Waals surface area contributed by atoms with Gasteiger partial charge in [0.25, 0.3) is 5.91 Å². The highest BCUT2D eigenvalue weighted by atomic mass is 16.5. The Morgan fingerprint density at radius 3 is 2.35 bits per heavy atom. The predicted molar refractivity (Wildman–Crippen MR) is 92.0 cm³/mol. The van der Waals surface area contributed by atoms with Crippen molar-refractivity contribution < 1.29 is 28.9 Å². The minimum absolute atomic E-state index is 0.235. The molecule has 0 spiro atoms. The Balaban J connectivity index is 2.09. The van der Waals surface area contributed by atoms with Crippen molar-refractivity contribution in [3.8, 4) is 17.2 Å². The van der Waals surface area contributed by atoms with E-state index in [-0.39, 0.29) is 13.0 Å². The van der Waals surface area contributed by atoms with Crippen LogP contribution in [0.3, 0.4) is 0 Å². The second-order valence-electron chi connectivity index (χ2n) is 5.41. The van der Waals surface area contributed by atoms with Crippen molar-refractivity contribution in [3.05, 3.63) is 54.1 Å². The molecule has 0 heterocycles. The highest BCUT2D eigenvalue weighted by Crippen LogP contribution is 2.30. The van der Waals surface area contributed by atoms with E-state index in [1.165, 1.54) is 14.2 Å². The fourth-order valence-corrected chi connectivity index (χ4v) is 2.39. The van der Waals surface area contributed by atoms with Crippen molar-refractivity contribution in [1.29, 1.82) is 0 Å². The number of carboxylic acids is 1. The van der Waals surface area contributed by atoms with E-state index in [4.69, 9.17) is 14.2 Å². The topological polar surface area (TPSA) is 96.9 Å². The standard InChI is InChI=1S/C19H21NO6/c1-24-16-9-8-13(10-17(16)25-2)15(11-19(22)23)20-18(21)12-26-14-6-4-3-5-7-14/h3-10,15H,11-12H2,1-2H3,(H,20,21)(H,22,23)/p-1/t15-/m1/s1. The first-order chi connectivity index (χ1) is 12.5. The summed E-state index contributed by atoms with van der Waals surface area (Å²) >= 11 is 0. The van der Waals surface area contributed by atoms with E-state index in [0.717, 1.165) is 0 Å². The maximum absolute atomic E-state index is 12.2. The van der Waals surface area contributed by atoms with Crippen molar-refractivity contribution in [2.24, 2.45) is 0 Å². The van der Waals surface area contributed by atoms with Gasteiger partial charge in [-0.3, -0.25) is 4.79 Å². The average molecular weight is 358 g/mol. The lowest BCUT2D eigenvalue weighted by atomic mass is 10.0. The number of amides is 1. The van der Waals surface area contributed by atoms with Gasteiger partial charge in [-0.15, -0.1) is 0 Å². The predicted octanol–water partition coefficient (Wildman–Crippen LogP) is 1.08. The summed E-state index contributed by atoms with van der Waals surface area (Å²) in [7, 11) is 2.97. The molecule has 138 valence electrons. The van der Waals surface area contributed by atoms with Gasteiger partial charge in [0.05, 0.1) is 20.3 Å². The molecule has 0 fully saturated rings. The number of carbonyl (C=O) groups is 2. The van der Waals surface area contributed by atoms with E-state index in [1.807, 2.05) is 6.07 Å². The van der Waals surface area contributed by atoms with Gasteiger partial charge >= 0.3 is 0 Å². The summed E-state index contributed by atoms with van der Waals surface area (Å²) in [5.74, 6) is -0.250. The number of hydrogen-bond donors (Lipinski definition) is 1. The van der Waals surface area contributed by atoms with Gasteiger partial charge in [-0.1, -0.05) is 24.3 Å². The molecule has 1 N–H and O–H groups in total. The summed E-state index contributed by atoms with van der Waals surface area (Å²) in [5.41, 5.74) is 0.555. The molecule has 1 amide bonds. The Labute approximate surface area is 151 Å². The zero-order chi connectivity index (χ0) is 18.9. The van der Waals surface area contributed by atoms with Crippen molar-refractivity contribution in [1.82, 2.24) is 5.32 Å². The molecule has 0 aliphatic heterocycles. The smallest absolute Gasteiger partial charge is 0.258 e.